The summed E-state index contributed by atoms with van der Waals surface area (Å²) in [6.45, 7) is 0. The van der Waals surface area contributed by atoms with Gasteiger partial charge >= 0.3 is 5.97 Å². The minimum absolute atomic E-state index is 0.308. The number of benzene rings is 1. The van der Waals surface area contributed by atoms with E-state index in [1.165, 1.54) is 11.6 Å². The number of nitrogens with zero attached hydrogens (tertiary/aromatic N) is 1. The average molecular weight is 302 g/mol. The summed E-state index contributed by atoms with van der Waals surface area (Å²) in [6, 6.07) is 6.63. The third kappa shape index (κ3) is 1.93. The number of fused-ring (bicyclic) bond motifs is 1. The standard InChI is InChI=1S/C15H14N2O5/c1-17-9-5-3-2-4-8(9)11(18)10(13(17)20)12(19)16-15(6-7-15)14(21)22/h2-5,18H,6-7H2,1H3,(H,16,19)(H,21,22). The highest BCUT2D eigenvalue weighted by Crippen LogP contribution is 2.36. The number of pyridine rings is 1. The van der Waals surface area contributed by atoms with Crippen LogP contribution in [0.2, 0.25) is 0 Å². The van der Waals surface area contributed by atoms with Gasteiger partial charge in [-0.05, 0) is 25.0 Å². The van der Waals surface area contributed by atoms with Crippen LogP contribution in [-0.4, -0.2) is 32.2 Å². The van der Waals surface area contributed by atoms with Crippen LogP contribution < -0.4 is 10.9 Å². The molecule has 1 fully saturated rings. The number of hydrogen-bond acceptors (Lipinski definition) is 4. The van der Waals surface area contributed by atoms with Crippen LogP contribution in [0, 0.1) is 0 Å². The summed E-state index contributed by atoms with van der Waals surface area (Å²) in [5, 5.41) is 22.1. The zero-order chi connectivity index (χ0) is 16.1. The molecule has 0 atom stereocenters. The lowest BCUT2D eigenvalue weighted by atomic mass is 10.1. The first-order chi connectivity index (χ1) is 10.4. The monoisotopic (exact) mass is 302 g/mol. The summed E-state index contributed by atoms with van der Waals surface area (Å²) in [6.07, 6.45) is 0.617. The largest absolute Gasteiger partial charge is 0.506 e. The third-order valence-corrected chi connectivity index (χ3v) is 4.02. The maximum absolute atomic E-state index is 12.3. The van der Waals surface area contributed by atoms with Gasteiger partial charge in [0.1, 0.15) is 16.9 Å². The van der Waals surface area contributed by atoms with E-state index >= 15 is 0 Å². The number of carbonyl (C=O) groups excluding carboxylic acids is 1. The molecule has 1 aromatic heterocycles. The number of carbonyl (C=O) groups is 2. The number of para-hydroxylation sites is 1. The minimum Gasteiger partial charge on any atom is -0.506 e. The van der Waals surface area contributed by atoms with Crippen molar-refractivity contribution in [2.24, 2.45) is 7.05 Å². The smallest absolute Gasteiger partial charge is 0.329 e. The predicted molar refractivity (Wildman–Crippen MR) is 77.9 cm³/mol. The molecule has 1 heterocycles. The van der Waals surface area contributed by atoms with Crippen molar-refractivity contribution in [1.29, 1.82) is 0 Å². The fraction of sp³-hybridized carbons (Fsp3) is 0.267. The Bertz CT molecular complexity index is 864. The van der Waals surface area contributed by atoms with Gasteiger partial charge in [-0.3, -0.25) is 9.59 Å². The first-order valence-electron chi connectivity index (χ1n) is 6.74. The Morgan fingerprint density at radius 1 is 1.27 bits per heavy atom. The van der Waals surface area contributed by atoms with Gasteiger partial charge in [-0.1, -0.05) is 12.1 Å². The molecule has 1 aliphatic rings. The number of aryl methyl sites for hydroxylation is 1. The lowest BCUT2D eigenvalue weighted by molar-refractivity contribution is -0.140. The summed E-state index contributed by atoms with van der Waals surface area (Å²) in [7, 11) is 1.49. The zero-order valence-electron chi connectivity index (χ0n) is 11.8. The van der Waals surface area contributed by atoms with E-state index in [4.69, 9.17) is 5.11 Å². The Labute approximate surface area is 124 Å². The quantitative estimate of drug-likeness (QED) is 0.769. The van der Waals surface area contributed by atoms with E-state index in [-0.39, 0.29) is 0 Å². The molecular weight excluding hydrogens is 288 g/mol. The molecule has 114 valence electrons. The van der Waals surface area contributed by atoms with Crippen molar-refractivity contribution >= 4 is 22.8 Å². The van der Waals surface area contributed by atoms with E-state index in [0.29, 0.717) is 23.7 Å². The Morgan fingerprint density at radius 3 is 2.50 bits per heavy atom. The van der Waals surface area contributed by atoms with Crippen LogP contribution in [-0.2, 0) is 11.8 Å². The number of aliphatic carboxylic acids is 1. The molecule has 1 aliphatic carbocycles. The Hall–Kier alpha value is -2.83. The van der Waals surface area contributed by atoms with Crippen molar-refractivity contribution in [2.75, 3.05) is 0 Å². The second-order valence-electron chi connectivity index (χ2n) is 5.45. The summed E-state index contributed by atoms with van der Waals surface area (Å²) < 4.78 is 1.25. The first-order valence-corrected chi connectivity index (χ1v) is 6.74. The van der Waals surface area contributed by atoms with Gasteiger partial charge in [0, 0.05) is 12.4 Å². The molecule has 7 heteroatoms. The predicted octanol–water partition coefficient (Wildman–Crippen LogP) is 0.591. The van der Waals surface area contributed by atoms with E-state index in [0.717, 1.165) is 0 Å². The van der Waals surface area contributed by atoms with Crippen LogP contribution in [0.4, 0.5) is 0 Å². The van der Waals surface area contributed by atoms with Gasteiger partial charge < -0.3 is 20.1 Å². The van der Waals surface area contributed by atoms with Crippen molar-refractivity contribution in [3.05, 3.63) is 40.2 Å². The van der Waals surface area contributed by atoms with Gasteiger partial charge in [-0.15, -0.1) is 0 Å². The highest BCUT2D eigenvalue weighted by atomic mass is 16.4. The highest BCUT2D eigenvalue weighted by Gasteiger charge is 2.52. The normalized spacial score (nSPS) is 15.5. The molecular formula is C15H14N2O5. The molecule has 0 aliphatic heterocycles. The van der Waals surface area contributed by atoms with Crippen LogP contribution in [0.3, 0.4) is 0 Å². The first kappa shape index (κ1) is 14.1. The lowest BCUT2D eigenvalue weighted by Gasteiger charge is -2.15. The zero-order valence-corrected chi connectivity index (χ0v) is 11.8. The number of carboxylic acids is 1. The van der Waals surface area contributed by atoms with E-state index < -0.39 is 34.3 Å². The Morgan fingerprint density at radius 2 is 1.91 bits per heavy atom. The average Bonchev–Trinajstić information content (AvgIpc) is 3.26. The second-order valence-corrected chi connectivity index (χ2v) is 5.45. The van der Waals surface area contributed by atoms with Crippen molar-refractivity contribution in [1.82, 2.24) is 9.88 Å². The maximum atomic E-state index is 12.3. The molecule has 3 N–H and O–H groups in total. The van der Waals surface area contributed by atoms with Crippen molar-refractivity contribution in [2.45, 2.75) is 18.4 Å². The molecule has 0 spiro atoms. The number of rotatable bonds is 3. The lowest BCUT2D eigenvalue weighted by Crippen LogP contribution is -2.45. The van der Waals surface area contributed by atoms with Crippen LogP contribution in [0.5, 0.6) is 5.75 Å². The molecule has 0 bridgehead atoms. The molecule has 3 rings (SSSR count). The maximum Gasteiger partial charge on any atom is 0.329 e. The van der Waals surface area contributed by atoms with Crippen LogP contribution >= 0.6 is 0 Å². The highest BCUT2D eigenvalue weighted by molar-refractivity contribution is 6.04. The molecule has 1 saturated carbocycles. The molecule has 0 radical (unpaired) electrons. The number of carboxylic acid groups (broad SMARTS) is 1. The van der Waals surface area contributed by atoms with Gasteiger partial charge in [-0.2, -0.15) is 0 Å². The Balaban J connectivity index is 2.13. The van der Waals surface area contributed by atoms with Gasteiger partial charge in [0.05, 0.1) is 5.52 Å². The molecule has 1 amide bonds. The van der Waals surface area contributed by atoms with Gasteiger partial charge in [0.15, 0.2) is 0 Å². The number of amides is 1. The van der Waals surface area contributed by atoms with Crippen molar-refractivity contribution in [3.8, 4) is 5.75 Å². The number of nitrogens with one attached hydrogen (secondary N) is 1. The van der Waals surface area contributed by atoms with E-state index in [1.807, 2.05) is 0 Å². The second kappa shape index (κ2) is 4.59. The molecule has 0 saturated heterocycles. The van der Waals surface area contributed by atoms with Crippen LogP contribution in [0.1, 0.15) is 23.2 Å². The third-order valence-electron chi connectivity index (χ3n) is 4.02. The molecule has 0 unspecified atom stereocenters. The molecule has 22 heavy (non-hydrogen) atoms. The van der Waals surface area contributed by atoms with Crippen LogP contribution in [0.25, 0.3) is 10.9 Å². The summed E-state index contributed by atoms with van der Waals surface area (Å²) in [5.41, 5.74) is -1.94. The van der Waals surface area contributed by atoms with Crippen molar-refractivity contribution in [3.63, 3.8) is 0 Å². The SMILES string of the molecule is Cn1c(=O)c(C(=O)NC2(C(=O)O)CC2)c(O)c2ccccc21. The van der Waals surface area contributed by atoms with Gasteiger partial charge in [0.2, 0.25) is 0 Å². The summed E-state index contributed by atoms with van der Waals surface area (Å²) in [5.74, 6) is -2.45. The molecule has 7 nitrogen and oxygen atoms in total. The summed E-state index contributed by atoms with van der Waals surface area (Å²) in [4.78, 5) is 35.7. The van der Waals surface area contributed by atoms with Gasteiger partial charge in [-0.25, -0.2) is 4.79 Å². The molecule has 2 aromatic rings. The summed E-state index contributed by atoms with van der Waals surface area (Å²) >= 11 is 0. The van der Waals surface area contributed by atoms with E-state index in [2.05, 4.69) is 5.32 Å². The molecule has 1 aromatic carbocycles. The Kier molecular flexibility index (Phi) is 2.94. The van der Waals surface area contributed by atoms with Gasteiger partial charge in [0.25, 0.3) is 11.5 Å². The van der Waals surface area contributed by atoms with Crippen LogP contribution in [0.15, 0.2) is 29.1 Å². The van der Waals surface area contributed by atoms with E-state index in [9.17, 15) is 19.5 Å². The fourth-order valence-electron chi connectivity index (χ4n) is 2.48. The minimum atomic E-state index is -1.32. The topological polar surface area (TPSA) is 109 Å². The fourth-order valence-corrected chi connectivity index (χ4v) is 2.48. The number of aromatic hydroxyl groups is 1. The number of hydrogen-bond donors (Lipinski definition) is 3. The van der Waals surface area contributed by atoms with Crippen molar-refractivity contribution < 1.29 is 19.8 Å². The number of aromatic nitrogens is 1. The van der Waals surface area contributed by atoms with E-state index in [1.54, 1.807) is 24.3 Å².